The molecule has 1 saturated carbocycles. The van der Waals surface area contributed by atoms with Crippen molar-refractivity contribution in [3.8, 4) is 0 Å². The fourth-order valence-corrected chi connectivity index (χ4v) is 5.97. The van der Waals surface area contributed by atoms with Crippen LogP contribution in [0.2, 0.25) is 0 Å². The molecule has 0 spiro atoms. The van der Waals surface area contributed by atoms with Gasteiger partial charge in [-0.15, -0.1) is 0 Å². The molecule has 1 aromatic carbocycles. The number of ether oxygens (including phenoxy) is 1. The van der Waals surface area contributed by atoms with Crippen molar-refractivity contribution in [3.63, 3.8) is 0 Å². The van der Waals surface area contributed by atoms with Gasteiger partial charge in [0.05, 0.1) is 22.5 Å². The van der Waals surface area contributed by atoms with E-state index in [9.17, 15) is 0 Å². The monoisotopic (exact) mass is 575 g/mol. The summed E-state index contributed by atoms with van der Waals surface area (Å²) in [5.41, 5.74) is 11.8. The highest BCUT2D eigenvalue weighted by atomic mass is 16.5. The lowest BCUT2D eigenvalue weighted by atomic mass is 9.87. The summed E-state index contributed by atoms with van der Waals surface area (Å²) < 4.78 is 8.57. The predicted octanol–water partition coefficient (Wildman–Crippen LogP) is 7.71. The molecule has 4 heterocycles. The number of aryl methyl sites for hydroxylation is 2. The van der Waals surface area contributed by atoms with Crippen LogP contribution in [0.15, 0.2) is 30.7 Å². The van der Waals surface area contributed by atoms with Crippen LogP contribution in [-0.2, 0) is 16.6 Å². The fourth-order valence-electron chi connectivity index (χ4n) is 5.97. The van der Waals surface area contributed by atoms with Crippen molar-refractivity contribution in [2.75, 3.05) is 12.3 Å². The van der Waals surface area contributed by atoms with Gasteiger partial charge in [-0.1, -0.05) is 54.0 Å². The van der Waals surface area contributed by atoms with E-state index in [4.69, 9.17) is 10.5 Å². The molecule has 4 aromatic rings. The number of hydrogen-bond acceptors (Lipinski definition) is 6. The van der Waals surface area contributed by atoms with Crippen LogP contribution < -0.4 is 5.73 Å². The number of fused-ring (bicyclic) bond motifs is 2. The first-order valence-corrected chi connectivity index (χ1v) is 16.0. The molecule has 8 nitrogen and oxygen atoms in total. The average Bonchev–Trinajstić information content (AvgIpc) is 3.65. The largest absolute Gasteiger partial charge is 0.383 e. The topological polar surface area (TPSA) is 97.9 Å². The highest BCUT2D eigenvalue weighted by Crippen LogP contribution is 2.35. The van der Waals surface area contributed by atoms with Gasteiger partial charge in [-0.25, -0.2) is 15.0 Å². The number of aromatic amines is 1. The number of nitrogen functional groups attached to an aromatic ring is 1. The molecule has 0 bridgehead atoms. The number of benzene rings is 1. The van der Waals surface area contributed by atoms with Crippen LogP contribution >= 0.6 is 0 Å². The summed E-state index contributed by atoms with van der Waals surface area (Å²) in [4.78, 5) is 19.1. The van der Waals surface area contributed by atoms with E-state index in [1.165, 1.54) is 31.2 Å². The van der Waals surface area contributed by atoms with Crippen molar-refractivity contribution >= 4 is 27.9 Å². The van der Waals surface area contributed by atoms with E-state index in [1.54, 1.807) is 0 Å². The lowest BCUT2D eigenvalue weighted by Gasteiger charge is -2.41. The lowest BCUT2D eigenvalue weighted by molar-refractivity contribution is -0.0311. The Morgan fingerprint density at radius 3 is 2.48 bits per heavy atom. The quantitative estimate of drug-likeness (QED) is 0.244. The second-order valence-electron chi connectivity index (χ2n) is 12.9. The number of imidazole rings is 1. The molecule has 3 N–H and O–H groups in total. The third-order valence-electron chi connectivity index (χ3n) is 8.58. The zero-order valence-corrected chi connectivity index (χ0v) is 27.4. The lowest BCUT2D eigenvalue weighted by Crippen LogP contribution is -2.47. The first-order chi connectivity index (χ1) is 20.0. The number of hydrogen-bond donors (Lipinski definition) is 2. The van der Waals surface area contributed by atoms with E-state index >= 15 is 0 Å². The maximum Gasteiger partial charge on any atom is 0.147 e. The highest BCUT2D eigenvalue weighted by Gasteiger charge is 2.34. The molecule has 230 valence electrons. The number of H-pyrrole nitrogens is 1. The molecule has 1 saturated heterocycles. The van der Waals surface area contributed by atoms with Gasteiger partial charge >= 0.3 is 0 Å². The van der Waals surface area contributed by atoms with Crippen LogP contribution in [0, 0.1) is 6.92 Å². The van der Waals surface area contributed by atoms with Gasteiger partial charge in [0, 0.05) is 31.2 Å². The molecule has 42 heavy (non-hydrogen) atoms. The molecule has 2 fully saturated rings. The molecule has 0 amide bonds. The molecule has 2 unspecified atom stereocenters. The van der Waals surface area contributed by atoms with Crippen molar-refractivity contribution in [1.82, 2.24) is 29.4 Å². The summed E-state index contributed by atoms with van der Waals surface area (Å²) >= 11 is 0. The Morgan fingerprint density at radius 1 is 1.12 bits per heavy atom. The minimum Gasteiger partial charge on any atom is -0.383 e. The summed E-state index contributed by atoms with van der Waals surface area (Å²) in [5, 5.41) is 0.952. The highest BCUT2D eigenvalue weighted by molar-refractivity contribution is 5.89. The van der Waals surface area contributed by atoms with Crippen LogP contribution in [0.5, 0.6) is 0 Å². The van der Waals surface area contributed by atoms with Gasteiger partial charge in [0.2, 0.25) is 0 Å². The maximum absolute atomic E-state index is 6.43. The van der Waals surface area contributed by atoms with Crippen LogP contribution in [0.4, 0.5) is 5.82 Å². The Balaban J connectivity index is 0.000000204. The van der Waals surface area contributed by atoms with E-state index in [0.717, 1.165) is 65.3 Å². The van der Waals surface area contributed by atoms with Crippen LogP contribution in [0.25, 0.3) is 22.1 Å². The minimum absolute atomic E-state index is 0.0471. The Kier molecular flexibility index (Phi) is 10.3. The fraction of sp³-hybridized carbons (Fsp3) is 0.618. The second-order valence-corrected chi connectivity index (χ2v) is 12.9. The van der Waals surface area contributed by atoms with E-state index in [1.807, 2.05) is 13.8 Å². The minimum atomic E-state index is 0.0471. The summed E-state index contributed by atoms with van der Waals surface area (Å²) in [6.07, 6.45) is 11.1. The van der Waals surface area contributed by atoms with Gasteiger partial charge in [0.1, 0.15) is 29.8 Å². The smallest absolute Gasteiger partial charge is 0.147 e. The first-order valence-electron chi connectivity index (χ1n) is 16.0. The third-order valence-corrected chi connectivity index (χ3v) is 8.58. The van der Waals surface area contributed by atoms with E-state index in [-0.39, 0.29) is 11.6 Å². The van der Waals surface area contributed by atoms with Gasteiger partial charge in [-0.2, -0.15) is 0 Å². The molecule has 6 rings (SSSR count). The van der Waals surface area contributed by atoms with Gasteiger partial charge in [-0.3, -0.25) is 4.90 Å². The molecule has 1 aliphatic heterocycles. The molecule has 8 heteroatoms. The molecule has 2 aliphatic rings. The molecular weight excluding hydrogens is 522 g/mol. The summed E-state index contributed by atoms with van der Waals surface area (Å²) in [7, 11) is 0. The van der Waals surface area contributed by atoms with Crippen LogP contribution in [0.3, 0.4) is 0 Å². The van der Waals surface area contributed by atoms with Crippen molar-refractivity contribution in [2.45, 2.75) is 131 Å². The molecule has 3 aromatic heterocycles. The summed E-state index contributed by atoms with van der Waals surface area (Å²) in [6.45, 7) is 20.5. The van der Waals surface area contributed by atoms with Crippen molar-refractivity contribution < 1.29 is 4.74 Å². The Labute approximate surface area is 252 Å². The zero-order valence-electron chi connectivity index (χ0n) is 27.4. The number of nitrogens with two attached hydrogens (primary N) is 1. The Bertz CT molecular complexity index is 1440. The predicted molar refractivity (Wildman–Crippen MR) is 175 cm³/mol. The molecule has 2 atom stereocenters. The SMILES string of the molecule is CC.CCc1nc2ccc(C(C)(C)C)cc2[nH]1.Cc1cn(C2CCC(CN(C(C)C)C3CCC3)O2)c2ncnc(N)c12. The van der Waals surface area contributed by atoms with E-state index in [0.29, 0.717) is 18.0 Å². The van der Waals surface area contributed by atoms with E-state index < -0.39 is 0 Å². The Hall–Kier alpha value is -2.97. The number of nitrogens with one attached hydrogen (secondary N) is 1. The number of aromatic nitrogens is 5. The van der Waals surface area contributed by atoms with Crippen LogP contribution in [-0.4, -0.2) is 54.1 Å². The van der Waals surface area contributed by atoms with Gasteiger partial charge in [0.15, 0.2) is 0 Å². The summed E-state index contributed by atoms with van der Waals surface area (Å²) in [5.74, 6) is 1.61. The average molecular weight is 576 g/mol. The second kappa shape index (κ2) is 13.6. The van der Waals surface area contributed by atoms with Gasteiger partial charge < -0.3 is 20.0 Å². The molecular formula is C34H53N7O. The maximum atomic E-state index is 6.43. The van der Waals surface area contributed by atoms with Crippen molar-refractivity contribution in [3.05, 3.63) is 47.7 Å². The van der Waals surface area contributed by atoms with E-state index in [2.05, 4.69) is 102 Å². The van der Waals surface area contributed by atoms with Crippen molar-refractivity contribution in [2.24, 2.45) is 0 Å². The molecule has 0 radical (unpaired) electrons. The number of anilines is 1. The number of rotatable bonds is 6. The standard InChI is InChI=1S/C19H29N5O.C13H18N2.C2H6/c1-12(2)23(14-5-4-6-14)10-15-7-8-16(25-15)24-9-13(3)17-18(20)21-11-22-19(17)24;1-5-12-14-10-7-6-9(13(2,3)4)8-11(10)15-12;1-2/h9,11-12,14-16H,4-8,10H2,1-3H3,(H2,20,21,22);6-8H,5H2,1-4H3,(H,14,15);1-2H3. The van der Waals surface area contributed by atoms with Crippen LogP contribution in [0.1, 0.15) is 111 Å². The normalized spacial score (nSPS) is 19.1. The van der Waals surface area contributed by atoms with Crippen molar-refractivity contribution in [1.29, 1.82) is 0 Å². The van der Waals surface area contributed by atoms with Gasteiger partial charge in [-0.05, 0) is 75.1 Å². The number of nitrogens with zero attached hydrogens (tertiary/aromatic N) is 5. The molecule has 1 aliphatic carbocycles. The first kappa shape index (κ1) is 32.0. The summed E-state index contributed by atoms with van der Waals surface area (Å²) in [6, 6.07) is 7.82. The zero-order chi connectivity index (χ0) is 30.6. The van der Waals surface area contributed by atoms with Gasteiger partial charge in [0.25, 0.3) is 0 Å². The Morgan fingerprint density at radius 2 is 1.86 bits per heavy atom. The third kappa shape index (κ3) is 6.97.